The van der Waals surface area contributed by atoms with Crippen molar-refractivity contribution in [2.45, 2.75) is 31.9 Å². The molecule has 1 aromatic carbocycles. The summed E-state index contributed by atoms with van der Waals surface area (Å²) in [7, 11) is -3.11. The Hall–Kier alpha value is -2.62. The highest BCUT2D eigenvalue weighted by Gasteiger charge is 2.31. The molecule has 0 bridgehead atoms. The maximum Gasteiger partial charge on any atom is 0.416 e. The zero-order chi connectivity index (χ0) is 22.2. The number of carbonyl (C=O) groups excluding carboxylic acids is 1. The van der Waals surface area contributed by atoms with Crippen LogP contribution < -0.4 is 5.32 Å². The van der Waals surface area contributed by atoms with E-state index in [1.807, 2.05) is 0 Å². The van der Waals surface area contributed by atoms with E-state index in [1.54, 1.807) is 6.07 Å². The SMILES string of the molecule is O=C(c1ncc(Nc2cccc(C(F)(F)F)c2)c2c1CCCC2)N1CCS(=O)(=O)CC1. The van der Waals surface area contributed by atoms with Gasteiger partial charge in [0.05, 0.1) is 29.0 Å². The molecule has 6 nitrogen and oxygen atoms in total. The van der Waals surface area contributed by atoms with Crippen molar-refractivity contribution in [3.63, 3.8) is 0 Å². The summed E-state index contributed by atoms with van der Waals surface area (Å²) in [6, 6.07) is 4.95. The van der Waals surface area contributed by atoms with E-state index < -0.39 is 21.6 Å². The van der Waals surface area contributed by atoms with E-state index in [1.165, 1.54) is 17.2 Å². The van der Waals surface area contributed by atoms with Gasteiger partial charge < -0.3 is 10.2 Å². The summed E-state index contributed by atoms with van der Waals surface area (Å²) in [5, 5.41) is 3.03. The zero-order valence-corrected chi connectivity index (χ0v) is 17.5. The lowest BCUT2D eigenvalue weighted by Crippen LogP contribution is -2.44. The molecule has 0 unspecified atom stereocenters. The average molecular weight is 453 g/mol. The van der Waals surface area contributed by atoms with E-state index in [0.717, 1.165) is 36.1 Å². The number of nitrogens with one attached hydrogen (secondary N) is 1. The summed E-state index contributed by atoms with van der Waals surface area (Å²) in [6.45, 7) is 0.281. The number of hydrogen-bond donors (Lipinski definition) is 1. The molecule has 166 valence electrons. The van der Waals surface area contributed by atoms with Crippen LogP contribution in [0.1, 0.15) is 40.0 Å². The molecule has 0 saturated carbocycles. The Morgan fingerprint density at radius 3 is 2.42 bits per heavy atom. The number of benzene rings is 1. The summed E-state index contributed by atoms with van der Waals surface area (Å²) in [5.41, 5.74) is 2.12. The van der Waals surface area contributed by atoms with Crippen molar-refractivity contribution in [2.75, 3.05) is 29.9 Å². The molecule has 1 aliphatic carbocycles. The minimum absolute atomic E-state index is 0.0594. The lowest BCUT2D eigenvalue weighted by atomic mass is 9.89. The number of carbonyl (C=O) groups is 1. The Morgan fingerprint density at radius 2 is 1.74 bits per heavy atom. The second-order valence-corrected chi connectivity index (χ2v) is 10.1. The van der Waals surface area contributed by atoms with Gasteiger partial charge in [-0.2, -0.15) is 13.2 Å². The number of aromatic nitrogens is 1. The molecule has 4 rings (SSSR count). The number of fused-ring (bicyclic) bond motifs is 1. The monoisotopic (exact) mass is 453 g/mol. The van der Waals surface area contributed by atoms with E-state index in [9.17, 15) is 26.4 Å². The van der Waals surface area contributed by atoms with Crippen LogP contribution in [0.2, 0.25) is 0 Å². The van der Waals surface area contributed by atoms with E-state index in [2.05, 4.69) is 10.3 Å². The molecule has 1 aromatic heterocycles. The van der Waals surface area contributed by atoms with Crippen molar-refractivity contribution in [1.29, 1.82) is 0 Å². The Kier molecular flexibility index (Phi) is 5.67. The molecule has 0 atom stereocenters. The molecule has 2 heterocycles. The summed E-state index contributed by atoms with van der Waals surface area (Å²) in [5.74, 6) is -0.412. The van der Waals surface area contributed by atoms with Gasteiger partial charge in [-0.15, -0.1) is 0 Å². The van der Waals surface area contributed by atoms with Gasteiger partial charge in [0.25, 0.3) is 5.91 Å². The molecule has 2 aliphatic rings. The minimum atomic E-state index is -4.44. The quantitative estimate of drug-likeness (QED) is 0.769. The molecule has 1 amide bonds. The molecule has 1 aliphatic heterocycles. The van der Waals surface area contributed by atoms with Gasteiger partial charge in [0, 0.05) is 18.8 Å². The van der Waals surface area contributed by atoms with Crippen LogP contribution in [0.4, 0.5) is 24.5 Å². The van der Waals surface area contributed by atoms with Gasteiger partial charge in [0.1, 0.15) is 5.69 Å². The van der Waals surface area contributed by atoms with Gasteiger partial charge in [-0.05, 0) is 55.0 Å². The van der Waals surface area contributed by atoms with Crippen molar-refractivity contribution >= 4 is 27.1 Å². The fourth-order valence-electron chi connectivity index (χ4n) is 4.03. The van der Waals surface area contributed by atoms with Crippen LogP contribution in [-0.4, -0.2) is 48.8 Å². The van der Waals surface area contributed by atoms with E-state index >= 15 is 0 Å². The van der Waals surface area contributed by atoms with Gasteiger partial charge >= 0.3 is 6.18 Å². The maximum absolute atomic E-state index is 13.0. The normalized spacial score (nSPS) is 18.4. The van der Waals surface area contributed by atoms with Crippen LogP contribution in [-0.2, 0) is 28.9 Å². The van der Waals surface area contributed by atoms with Crippen molar-refractivity contribution in [1.82, 2.24) is 9.88 Å². The van der Waals surface area contributed by atoms with E-state index in [-0.39, 0.29) is 30.5 Å². The fraction of sp³-hybridized carbons (Fsp3) is 0.429. The number of pyridine rings is 1. The highest BCUT2D eigenvalue weighted by atomic mass is 32.2. The van der Waals surface area contributed by atoms with Crippen LogP contribution >= 0.6 is 0 Å². The number of hydrogen-bond acceptors (Lipinski definition) is 5. The van der Waals surface area contributed by atoms with E-state index in [4.69, 9.17) is 0 Å². The second-order valence-electron chi connectivity index (χ2n) is 7.83. The van der Waals surface area contributed by atoms with Crippen molar-refractivity contribution in [3.8, 4) is 0 Å². The number of anilines is 2. The topological polar surface area (TPSA) is 79.4 Å². The number of sulfone groups is 1. The van der Waals surface area contributed by atoms with Crippen LogP contribution in [0.25, 0.3) is 0 Å². The van der Waals surface area contributed by atoms with Crippen molar-refractivity contribution in [2.24, 2.45) is 0 Å². The molecule has 2 aromatic rings. The lowest BCUT2D eigenvalue weighted by Gasteiger charge is -2.29. The molecule has 0 spiro atoms. The Morgan fingerprint density at radius 1 is 1.06 bits per heavy atom. The molecule has 31 heavy (non-hydrogen) atoms. The number of amides is 1. The molecule has 1 fully saturated rings. The highest BCUT2D eigenvalue weighted by Crippen LogP contribution is 2.34. The number of nitrogens with zero attached hydrogens (tertiary/aromatic N) is 2. The largest absolute Gasteiger partial charge is 0.416 e. The Labute approximate surface area is 178 Å². The van der Waals surface area contributed by atoms with Gasteiger partial charge in [-0.3, -0.25) is 4.79 Å². The zero-order valence-electron chi connectivity index (χ0n) is 16.7. The molecular weight excluding hydrogens is 431 g/mol. The third kappa shape index (κ3) is 4.68. The summed E-state index contributed by atoms with van der Waals surface area (Å²) in [6.07, 6.45) is 0.174. The maximum atomic E-state index is 13.0. The highest BCUT2D eigenvalue weighted by molar-refractivity contribution is 7.91. The van der Waals surface area contributed by atoms with Crippen LogP contribution in [0.5, 0.6) is 0 Å². The van der Waals surface area contributed by atoms with Gasteiger partial charge in [0.2, 0.25) is 0 Å². The van der Waals surface area contributed by atoms with Gasteiger partial charge in [-0.25, -0.2) is 13.4 Å². The van der Waals surface area contributed by atoms with Crippen molar-refractivity contribution in [3.05, 3.63) is 52.8 Å². The number of alkyl halides is 3. The predicted molar refractivity (Wildman–Crippen MR) is 110 cm³/mol. The fourth-order valence-corrected chi connectivity index (χ4v) is 5.24. The third-order valence-electron chi connectivity index (χ3n) is 5.70. The third-order valence-corrected chi connectivity index (χ3v) is 7.31. The number of halogens is 3. The van der Waals surface area contributed by atoms with Crippen LogP contribution in [0.3, 0.4) is 0 Å². The summed E-state index contributed by atoms with van der Waals surface area (Å²) in [4.78, 5) is 18.9. The van der Waals surface area contributed by atoms with Gasteiger partial charge in [0.15, 0.2) is 9.84 Å². The first-order valence-electron chi connectivity index (χ1n) is 10.1. The first-order chi connectivity index (χ1) is 14.6. The number of rotatable bonds is 3. The molecule has 0 radical (unpaired) electrons. The Bertz CT molecular complexity index is 1100. The first kappa shape index (κ1) is 21.6. The first-order valence-corrected chi connectivity index (χ1v) is 11.9. The second kappa shape index (κ2) is 8.14. The lowest BCUT2D eigenvalue weighted by molar-refractivity contribution is -0.137. The van der Waals surface area contributed by atoms with Gasteiger partial charge in [-0.1, -0.05) is 6.07 Å². The Balaban J connectivity index is 1.63. The van der Waals surface area contributed by atoms with E-state index in [0.29, 0.717) is 29.9 Å². The molecule has 10 heteroatoms. The van der Waals surface area contributed by atoms with Crippen LogP contribution in [0.15, 0.2) is 30.5 Å². The summed E-state index contributed by atoms with van der Waals surface area (Å²) < 4.78 is 62.4. The molecular formula is C21H22F3N3O3S. The summed E-state index contributed by atoms with van der Waals surface area (Å²) >= 11 is 0. The van der Waals surface area contributed by atoms with Crippen LogP contribution in [0, 0.1) is 0 Å². The average Bonchev–Trinajstić information content (AvgIpc) is 2.73. The predicted octanol–water partition coefficient (Wildman–Crippen LogP) is 3.59. The van der Waals surface area contributed by atoms with Crippen molar-refractivity contribution < 1.29 is 26.4 Å². The molecule has 1 saturated heterocycles. The standard InChI is InChI=1S/C21H22F3N3O3S/c22-21(23,24)14-4-3-5-15(12-14)26-18-13-25-19(17-7-2-1-6-16(17)18)20(28)27-8-10-31(29,30)11-9-27/h3-5,12-13,26H,1-2,6-11H2. The molecule has 1 N–H and O–H groups in total. The smallest absolute Gasteiger partial charge is 0.354 e. The minimum Gasteiger partial charge on any atom is -0.354 e.